The third-order valence-electron chi connectivity index (χ3n) is 3.68. The highest BCUT2D eigenvalue weighted by Gasteiger charge is 2.23. The summed E-state index contributed by atoms with van der Waals surface area (Å²) in [5.41, 5.74) is 2.13. The smallest absolute Gasteiger partial charge is 0.136 e. The average Bonchev–Trinajstić information content (AvgIpc) is 2.88. The first kappa shape index (κ1) is 12.8. The Morgan fingerprint density at radius 2 is 2.12 bits per heavy atom. The maximum atomic E-state index is 12.0. The maximum absolute atomic E-state index is 12.0. The second-order valence-electron chi connectivity index (χ2n) is 4.92. The summed E-state index contributed by atoms with van der Waals surface area (Å²) in [6.07, 6.45) is 6.11. The maximum Gasteiger partial charge on any atom is 0.136 e. The fourth-order valence-corrected chi connectivity index (χ4v) is 3.18. The van der Waals surface area contributed by atoms with Crippen molar-refractivity contribution in [2.24, 2.45) is 13.0 Å². The Hall–Kier alpha value is -0.640. The van der Waals surface area contributed by atoms with Gasteiger partial charge in [-0.3, -0.25) is 9.48 Å². The normalized spacial score (nSPS) is 16.6. The van der Waals surface area contributed by atoms with Crippen LogP contribution in [0.25, 0.3) is 0 Å². The molecule has 0 N–H and O–H groups in total. The summed E-state index contributed by atoms with van der Waals surface area (Å²) < 4.78 is 2.93. The van der Waals surface area contributed by atoms with Gasteiger partial charge < -0.3 is 0 Å². The highest BCUT2D eigenvalue weighted by Crippen LogP contribution is 2.28. The number of carbonyl (C=O) groups excluding carboxylic acids is 1. The zero-order chi connectivity index (χ0) is 12.4. The van der Waals surface area contributed by atoms with Gasteiger partial charge in [0.05, 0.1) is 15.9 Å². The summed E-state index contributed by atoms with van der Waals surface area (Å²) in [6.45, 7) is 1.98. The molecular formula is C13H19BrN2O. The molecule has 0 aliphatic heterocycles. The van der Waals surface area contributed by atoms with Gasteiger partial charge in [-0.15, -0.1) is 0 Å². The second-order valence-corrected chi connectivity index (χ2v) is 5.71. The van der Waals surface area contributed by atoms with Crippen LogP contribution >= 0.6 is 15.9 Å². The predicted molar refractivity (Wildman–Crippen MR) is 70.9 cm³/mol. The van der Waals surface area contributed by atoms with Crippen molar-refractivity contribution in [2.75, 3.05) is 0 Å². The first-order valence-electron chi connectivity index (χ1n) is 6.30. The number of Topliss-reactive ketones (excluding diaryl/α,β-unsaturated/α-hetero) is 1. The molecule has 1 aliphatic rings. The Morgan fingerprint density at radius 1 is 1.47 bits per heavy atom. The molecule has 0 saturated heterocycles. The van der Waals surface area contributed by atoms with Gasteiger partial charge in [-0.05, 0) is 42.1 Å². The molecule has 2 rings (SSSR count). The molecule has 1 aromatic rings. The van der Waals surface area contributed by atoms with E-state index >= 15 is 0 Å². The molecule has 1 aliphatic carbocycles. The number of nitrogens with zero attached hydrogens (tertiary/aromatic N) is 2. The Balaban J connectivity index is 1.95. The molecule has 3 nitrogen and oxygen atoms in total. The van der Waals surface area contributed by atoms with Crippen LogP contribution in [0.4, 0.5) is 0 Å². The van der Waals surface area contributed by atoms with Crippen molar-refractivity contribution in [1.29, 1.82) is 0 Å². The molecule has 1 aromatic heterocycles. The van der Waals surface area contributed by atoms with Crippen molar-refractivity contribution < 1.29 is 4.79 Å². The van der Waals surface area contributed by atoms with Crippen LogP contribution in [0.1, 0.15) is 43.5 Å². The summed E-state index contributed by atoms with van der Waals surface area (Å²) in [4.78, 5) is 12.0. The van der Waals surface area contributed by atoms with E-state index < -0.39 is 0 Å². The predicted octanol–water partition coefficient (Wildman–Crippen LogP) is 3.18. The van der Waals surface area contributed by atoms with Gasteiger partial charge in [0.1, 0.15) is 5.78 Å². The number of hydrogen-bond acceptors (Lipinski definition) is 2. The van der Waals surface area contributed by atoms with Crippen molar-refractivity contribution >= 4 is 21.7 Å². The van der Waals surface area contributed by atoms with E-state index in [-0.39, 0.29) is 0 Å². The van der Waals surface area contributed by atoms with Gasteiger partial charge in [-0.1, -0.05) is 12.8 Å². The number of ketones is 1. The molecule has 0 radical (unpaired) electrons. The van der Waals surface area contributed by atoms with E-state index in [4.69, 9.17) is 0 Å². The van der Waals surface area contributed by atoms with Crippen molar-refractivity contribution in [3.63, 3.8) is 0 Å². The Bertz CT molecular complexity index is 419. The van der Waals surface area contributed by atoms with Gasteiger partial charge in [-0.2, -0.15) is 5.10 Å². The molecule has 94 valence electrons. The van der Waals surface area contributed by atoms with E-state index in [9.17, 15) is 4.79 Å². The Morgan fingerprint density at radius 3 is 2.65 bits per heavy atom. The fraction of sp³-hybridized carbons (Fsp3) is 0.692. The topological polar surface area (TPSA) is 34.9 Å². The molecule has 0 spiro atoms. The number of aryl methyl sites for hydroxylation is 2. The fourth-order valence-electron chi connectivity index (χ4n) is 2.65. The van der Waals surface area contributed by atoms with Gasteiger partial charge in [0, 0.05) is 19.4 Å². The zero-order valence-electron chi connectivity index (χ0n) is 10.5. The molecule has 1 saturated carbocycles. The Labute approximate surface area is 111 Å². The molecule has 0 atom stereocenters. The number of rotatable bonds is 4. The quantitative estimate of drug-likeness (QED) is 0.856. The monoisotopic (exact) mass is 298 g/mol. The van der Waals surface area contributed by atoms with E-state index in [1.807, 2.05) is 18.7 Å². The lowest BCUT2D eigenvalue weighted by Crippen LogP contribution is -2.12. The molecule has 0 unspecified atom stereocenters. The van der Waals surface area contributed by atoms with Crippen molar-refractivity contribution in [3.05, 3.63) is 15.9 Å². The van der Waals surface area contributed by atoms with Crippen LogP contribution in [-0.4, -0.2) is 15.6 Å². The van der Waals surface area contributed by atoms with E-state index in [0.717, 1.165) is 35.1 Å². The highest BCUT2D eigenvalue weighted by molar-refractivity contribution is 9.10. The molecule has 17 heavy (non-hydrogen) atoms. The molecule has 4 heteroatoms. The van der Waals surface area contributed by atoms with Crippen molar-refractivity contribution in [3.8, 4) is 0 Å². The summed E-state index contributed by atoms with van der Waals surface area (Å²) in [5.74, 6) is 0.774. The minimum Gasteiger partial charge on any atom is -0.299 e. The number of hydrogen-bond donors (Lipinski definition) is 0. The van der Waals surface area contributed by atoms with E-state index in [2.05, 4.69) is 21.0 Å². The summed E-state index contributed by atoms with van der Waals surface area (Å²) >= 11 is 3.54. The minimum atomic E-state index is 0.336. The second kappa shape index (κ2) is 5.34. The first-order chi connectivity index (χ1) is 8.09. The van der Waals surface area contributed by atoms with Crippen molar-refractivity contribution in [2.45, 2.75) is 45.4 Å². The SMILES string of the molecule is Cc1nn(C)c(CCC(=O)C2CCCC2)c1Br. The number of carbonyl (C=O) groups is 1. The van der Waals surface area contributed by atoms with E-state index in [1.54, 1.807) is 0 Å². The third kappa shape index (κ3) is 2.79. The van der Waals surface area contributed by atoms with Gasteiger partial charge in [-0.25, -0.2) is 0 Å². The highest BCUT2D eigenvalue weighted by atomic mass is 79.9. The Kier molecular flexibility index (Phi) is 4.02. The van der Waals surface area contributed by atoms with Crippen molar-refractivity contribution in [1.82, 2.24) is 9.78 Å². The molecule has 1 fully saturated rings. The van der Waals surface area contributed by atoms with Gasteiger partial charge in [0.2, 0.25) is 0 Å². The summed E-state index contributed by atoms with van der Waals surface area (Å²) in [5, 5.41) is 4.34. The average molecular weight is 299 g/mol. The summed E-state index contributed by atoms with van der Waals surface area (Å²) in [6, 6.07) is 0. The van der Waals surface area contributed by atoms with Crippen LogP contribution in [0.5, 0.6) is 0 Å². The number of aromatic nitrogens is 2. The molecule has 0 aromatic carbocycles. The molecule has 0 bridgehead atoms. The van der Waals surface area contributed by atoms with Crippen LogP contribution < -0.4 is 0 Å². The van der Waals surface area contributed by atoms with Crippen LogP contribution in [0.3, 0.4) is 0 Å². The first-order valence-corrected chi connectivity index (χ1v) is 7.09. The van der Waals surface area contributed by atoms with Crippen LogP contribution in [0, 0.1) is 12.8 Å². The lowest BCUT2D eigenvalue weighted by molar-refractivity contribution is -0.122. The molecule has 1 heterocycles. The van der Waals surface area contributed by atoms with Gasteiger partial charge >= 0.3 is 0 Å². The van der Waals surface area contributed by atoms with E-state index in [1.165, 1.54) is 12.8 Å². The largest absolute Gasteiger partial charge is 0.299 e. The number of halogens is 1. The minimum absolute atomic E-state index is 0.336. The lowest BCUT2D eigenvalue weighted by Gasteiger charge is -2.08. The van der Waals surface area contributed by atoms with Crippen LogP contribution in [0.15, 0.2) is 4.47 Å². The zero-order valence-corrected chi connectivity index (χ0v) is 12.1. The van der Waals surface area contributed by atoms with Gasteiger partial charge in [0.15, 0.2) is 0 Å². The molecular weight excluding hydrogens is 280 g/mol. The van der Waals surface area contributed by atoms with Crippen LogP contribution in [-0.2, 0) is 18.3 Å². The standard InChI is InChI=1S/C13H19BrN2O/c1-9-13(14)11(16(2)15-9)7-8-12(17)10-5-3-4-6-10/h10H,3-8H2,1-2H3. The lowest BCUT2D eigenvalue weighted by atomic mass is 9.98. The third-order valence-corrected chi connectivity index (χ3v) is 4.71. The van der Waals surface area contributed by atoms with E-state index in [0.29, 0.717) is 18.1 Å². The van der Waals surface area contributed by atoms with Crippen LogP contribution in [0.2, 0.25) is 0 Å². The summed E-state index contributed by atoms with van der Waals surface area (Å²) in [7, 11) is 1.94. The van der Waals surface area contributed by atoms with Gasteiger partial charge in [0.25, 0.3) is 0 Å². The molecule has 0 amide bonds.